The van der Waals surface area contributed by atoms with Gasteiger partial charge in [-0.3, -0.25) is 9.88 Å². The van der Waals surface area contributed by atoms with E-state index < -0.39 is 0 Å². The van der Waals surface area contributed by atoms with E-state index in [1.54, 1.807) is 0 Å². The van der Waals surface area contributed by atoms with Gasteiger partial charge >= 0.3 is 0 Å². The molecule has 0 aromatic carbocycles. The molecule has 4 nitrogen and oxygen atoms in total. The molecule has 4 heterocycles. The lowest BCUT2D eigenvalue weighted by atomic mass is 10.1. The van der Waals surface area contributed by atoms with Crippen molar-refractivity contribution in [1.29, 1.82) is 0 Å². The summed E-state index contributed by atoms with van der Waals surface area (Å²) < 4.78 is 6.84. The Bertz CT molecular complexity index is 623. The molecular formula is C17H23N3OS. The van der Waals surface area contributed by atoms with Crippen LogP contribution in [0.3, 0.4) is 0 Å². The van der Waals surface area contributed by atoms with E-state index in [2.05, 4.69) is 32.3 Å². The predicted molar refractivity (Wildman–Crippen MR) is 91.9 cm³/mol. The molecule has 2 aromatic rings. The van der Waals surface area contributed by atoms with Crippen LogP contribution >= 0.6 is 11.3 Å². The maximum absolute atomic E-state index is 5.51. The second kappa shape index (κ2) is 6.52. The Morgan fingerprint density at radius 1 is 1.09 bits per heavy atom. The van der Waals surface area contributed by atoms with Crippen molar-refractivity contribution in [2.45, 2.75) is 25.3 Å². The molecule has 0 atom stereocenters. The zero-order valence-corrected chi connectivity index (χ0v) is 13.7. The minimum Gasteiger partial charge on any atom is -0.381 e. The zero-order valence-electron chi connectivity index (χ0n) is 12.9. The van der Waals surface area contributed by atoms with Crippen molar-refractivity contribution in [1.82, 2.24) is 9.88 Å². The lowest BCUT2D eigenvalue weighted by molar-refractivity contribution is 0.0365. The third-order valence-corrected chi connectivity index (χ3v) is 5.83. The Morgan fingerprint density at radius 3 is 2.91 bits per heavy atom. The highest BCUT2D eigenvalue weighted by atomic mass is 32.1. The molecule has 2 aliphatic rings. The molecule has 0 unspecified atom stereocenters. The number of fused-ring (bicyclic) bond motifs is 1. The van der Waals surface area contributed by atoms with Crippen LogP contribution in [0.1, 0.15) is 19.3 Å². The van der Waals surface area contributed by atoms with Crippen molar-refractivity contribution >= 4 is 27.2 Å². The van der Waals surface area contributed by atoms with Crippen molar-refractivity contribution in [2.24, 2.45) is 0 Å². The van der Waals surface area contributed by atoms with Crippen LogP contribution in [0.25, 0.3) is 10.2 Å². The van der Waals surface area contributed by atoms with Crippen LogP contribution in [0, 0.1) is 0 Å². The number of rotatable bonds is 2. The van der Waals surface area contributed by atoms with Gasteiger partial charge in [-0.1, -0.05) is 0 Å². The Labute approximate surface area is 135 Å². The van der Waals surface area contributed by atoms with Gasteiger partial charge in [0.25, 0.3) is 0 Å². The number of thiophene rings is 1. The van der Waals surface area contributed by atoms with E-state index in [0.29, 0.717) is 0 Å². The van der Waals surface area contributed by atoms with E-state index in [-0.39, 0.29) is 0 Å². The average Bonchev–Trinajstić information content (AvgIpc) is 2.92. The molecule has 2 aromatic heterocycles. The van der Waals surface area contributed by atoms with Gasteiger partial charge in [0.1, 0.15) is 0 Å². The molecule has 0 bridgehead atoms. The molecule has 2 aliphatic heterocycles. The first-order valence-electron chi connectivity index (χ1n) is 8.31. The summed E-state index contributed by atoms with van der Waals surface area (Å²) in [5, 5.41) is 2.15. The van der Waals surface area contributed by atoms with Gasteiger partial charge in [0.15, 0.2) is 0 Å². The fraction of sp³-hybridized carbons (Fsp3) is 0.588. The van der Waals surface area contributed by atoms with Crippen molar-refractivity contribution < 1.29 is 4.74 Å². The molecule has 22 heavy (non-hydrogen) atoms. The molecule has 0 saturated carbocycles. The monoisotopic (exact) mass is 317 g/mol. The number of aromatic nitrogens is 1. The van der Waals surface area contributed by atoms with E-state index in [9.17, 15) is 0 Å². The van der Waals surface area contributed by atoms with Crippen molar-refractivity contribution in [3.05, 3.63) is 23.7 Å². The molecule has 4 rings (SSSR count). The quantitative estimate of drug-likeness (QED) is 0.851. The van der Waals surface area contributed by atoms with Gasteiger partial charge in [-0.2, -0.15) is 0 Å². The van der Waals surface area contributed by atoms with Crippen LogP contribution in [0.4, 0.5) is 5.69 Å². The molecule has 2 fully saturated rings. The van der Waals surface area contributed by atoms with Gasteiger partial charge in [-0.05, 0) is 36.8 Å². The molecular weight excluding hydrogens is 294 g/mol. The lowest BCUT2D eigenvalue weighted by Gasteiger charge is -2.33. The largest absolute Gasteiger partial charge is 0.381 e. The molecule has 5 heteroatoms. The molecule has 2 saturated heterocycles. The number of hydrogen-bond donors (Lipinski definition) is 0. The van der Waals surface area contributed by atoms with Crippen LogP contribution in [0.15, 0.2) is 23.7 Å². The smallest absolute Gasteiger partial charge is 0.0830 e. The van der Waals surface area contributed by atoms with Crippen LogP contribution in [-0.4, -0.2) is 55.3 Å². The molecule has 0 aliphatic carbocycles. The van der Waals surface area contributed by atoms with Gasteiger partial charge in [0.2, 0.25) is 0 Å². The molecule has 0 radical (unpaired) electrons. The second-order valence-corrected chi connectivity index (χ2v) is 7.10. The van der Waals surface area contributed by atoms with Gasteiger partial charge in [0.05, 0.1) is 15.9 Å². The van der Waals surface area contributed by atoms with Crippen molar-refractivity contribution in [3.63, 3.8) is 0 Å². The number of pyridine rings is 1. The fourth-order valence-corrected chi connectivity index (χ4v) is 4.59. The summed E-state index contributed by atoms with van der Waals surface area (Å²) in [6.07, 6.45) is 5.59. The summed E-state index contributed by atoms with van der Waals surface area (Å²) in [6, 6.07) is 5.03. The standard InChI is InChI=1S/C17H23N3OS/c1-7-19(14-3-11-21-12-4-14)9-10-20(8-1)16-2-6-18-15-5-13-22-17(15)16/h2,5-6,13-14H,1,3-4,7-12H2. The minimum atomic E-state index is 0.730. The molecule has 0 amide bonds. The average molecular weight is 317 g/mol. The Kier molecular flexibility index (Phi) is 4.28. The molecule has 0 spiro atoms. The highest BCUT2D eigenvalue weighted by molar-refractivity contribution is 7.17. The first-order chi connectivity index (χ1) is 10.9. The summed E-state index contributed by atoms with van der Waals surface area (Å²) >= 11 is 1.81. The van der Waals surface area contributed by atoms with Gasteiger partial charge in [0, 0.05) is 51.6 Å². The summed E-state index contributed by atoms with van der Waals surface area (Å²) in [7, 11) is 0. The Balaban J connectivity index is 1.49. The van der Waals surface area contributed by atoms with Crippen LogP contribution in [0.5, 0.6) is 0 Å². The van der Waals surface area contributed by atoms with E-state index in [4.69, 9.17) is 4.74 Å². The van der Waals surface area contributed by atoms with E-state index in [1.807, 2.05) is 17.5 Å². The third kappa shape index (κ3) is 2.85. The maximum atomic E-state index is 5.51. The Morgan fingerprint density at radius 2 is 2.00 bits per heavy atom. The minimum absolute atomic E-state index is 0.730. The van der Waals surface area contributed by atoms with Crippen LogP contribution in [0.2, 0.25) is 0 Å². The number of ether oxygens (including phenoxy) is 1. The van der Waals surface area contributed by atoms with Gasteiger partial charge in [-0.25, -0.2) is 0 Å². The molecule has 118 valence electrons. The van der Waals surface area contributed by atoms with Gasteiger partial charge in [-0.15, -0.1) is 11.3 Å². The van der Waals surface area contributed by atoms with Gasteiger partial charge < -0.3 is 9.64 Å². The highest BCUT2D eigenvalue weighted by Gasteiger charge is 2.24. The second-order valence-electron chi connectivity index (χ2n) is 6.19. The molecule has 0 N–H and O–H groups in total. The Hall–Kier alpha value is -1.17. The van der Waals surface area contributed by atoms with E-state index in [0.717, 1.165) is 37.9 Å². The van der Waals surface area contributed by atoms with Crippen LogP contribution < -0.4 is 4.90 Å². The maximum Gasteiger partial charge on any atom is 0.0830 e. The normalized spacial score (nSPS) is 22.1. The fourth-order valence-electron chi connectivity index (χ4n) is 3.70. The third-order valence-electron chi connectivity index (χ3n) is 4.90. The predicted octanol–water partition coefficient (Wildman–Crippen LogP) is 2.99. The SMILES string of the molecule is c1cc(N2CCCN(C3CCOCC3)CC2)c2sccc2n1. The van der Waals surface area contributed by atoms with Crippen molar-refractivity contribution in [2.75, 3.05) is 44.3 Å². The number of anilines is 1. The number of nitrogens with zero attached hydrogens (tertiary/aromatic N) is 3. The topological polar surface area (TPSA) is 28.6 Å². The summed E-state index contributed by atoms with van der Waals surface area (Å²) in [4.78, 5) is 9.71. The van der Waals surface area contributed by atoms with Crippen LogP contribution in [-0.2, 0) is 4.74 Å². The summed E-state index contributed by atoms with van der Waals surface area (Å²) in [6.45, 7) is 6.53. The van der Waals surface area contributed by atoms with E-state index in [1.165, 1.54) is 42.7 Å². The number of hydrogen-bond acceptors (Lipinski definition) is 5. The first kappa shape index (κ1) is 14.4. The summed E-state index contributed by atoms with van der Waals surface area (Å²) in [5.74, 6) is 0. The van der Waals surface area contributed by atoms with E-state index >= 15 is 0 Å². The zero-order chi connectivity index (χ0) is 14.8. The first-order valence-corrected chi connectivity index (χ1v) is 9.19. The summed E-state index contributed by atoms with van der Waals surface area (Å²) in [5.41, 5.74) is 2.50. The van der Waals surface area contributed by atoms with Crippen molar-refractivity contribution in [3.8, 4) is 0 Å². The lowest BCUT2D eigenvalue weighted by Crippen LogP contribution is -2.41. The highest BCUT2D eigenvalue weighted by Crippen LogP contribution is 2.30.